The predicted octanol–water partition coefficient (Wildman–Crippen LogP) is 9.09. The van der Waals surface area contributed by atoms with Gasteiger partial charge in [0.15, 0.2) is 0 Å². The second-order valence-corrected chi connectivity index (χ2v) is 11.6. The lowest BCUT2D eigenvalue weighted by atomic mass is 9.68. The van der Waals surface area contributed by atoms with Crippen molar-refractivity contribution in [2.75, 3.05) is 0 Å². The van der Waals surface area contributed by atoms with Crippen molar-refractivity contribution >= 4 is 12.2 Å². The van der Waals surface area contributed by atoms with Gasteiger partial charge in [0.1, 0.15) is 17.2 Å². The summed E-state index contributed by atoms with van der Waals surface area (Å²) >= 11 is 0. The van der Waals surface area contributed by atoms with Crippen LogP contribution in [0.2, 0.25) is 0 Å². The molecule has 4 atom stereocenters. The van der Waals surface area contributed by atoms with Crippen LogP contribution in [-0.4, -0.2) is 15.3 Å². The molecule has 2 aromatic rings. The van der Waals surface area contributed by atoms with Gasteiger partial charge in [0.2, 0.25) is 0 Å². The van der Waals surface area contributed by atoms with Gasteiger partial charge in [0.25, 0.3) is 0 Å². The molecule has 0 aliphatic heterocycles. The highest BCUT2D eigenvalue weighted by molar-refractivity contribution is 5.76. The molecule has 3 N–H and O–H groups in total. The minimum absolute atomic E-state index is 0.0597. The molecule has 4 rings (SSSR count). The number of phenolic OH excluding ortho intramolecular Hbond substituents is 3. The van der Waals surface area contributed by atoms with E-state index in [1.54, 1.807) is 12.1 Å². The van der Waals surface area contributed by atoms with Crippen LogP contribution in [0, 0.1) is 17.8 Å². The summed E-state index contributed by atoms with van der Waals surface area (Å²) in [5, 5.41) is 33.1. The Morgan fingerprint density at radius 3 is 2.14 bits per heavy atom. The van der Waals surface area contributed by atoms with Crippen LogP contribution in [0.1, 0.15) is 94.4 Å². The van der Waals surface area contributed by atoms with E-state index < -0.39 is 0 Å². The summed E-state index contributed by atoms with van der Waals surface area (Å²) in [6.45, 7) is 15.1. The summed E-state index contributed by atoms with van der Waals surface area (Å²) in [7, 11) is 0. The first-order valence-corrected chi connectivity index (χ1v) is 13.6. The van der Waals surface area contributed by atoms with Gasteiger partial charge in [0, 0.05) is 23.0 Å². The maximum Gasteiger partial charge on any atom is 0.127 e. The number of benzene rings is 2. The van der Waals surface area contributed by atoms with Gasteiger partial charge in [-0.15, -0.1) is 0 Å². The molecule has 2 aliphatic rings. The van der Waals surface area contributed by atoms with Crippen LogP contribution in [0.4, 0.5) is 0 Å². The van der Waals surface area contributed by atoms with E-state index in [9.17, 15) is 15.3 Å². The monoisotopic (exact) mass is 498 g/mol. The second-order valence-electron chi connectivity index (χ2n) is 11.6. The molecule has 0 saturated carbocycles. The van der Waals surface area contributed by atoms with Gasteiger partial charge < -0.3 is 15.3 Å². The van der Waals surface area contributed by atoms with Gasteiger partial charge in [-0.2, -0.15) is 0 Å². The molecule has 0 heterocycles. The van der Waals surface area contributed by atoms with Gasteiger partial charge in [-0.3, -0.25) is 0 Å². The summed E-state index contributed by atoms with van der Waals surface area (Å²) in [5.74, 6) is 1.56. The van der Waals surface area contributed by atoms with E-state index in [4.69, 9.17) is 0 Å². The SMILES string of the molecule is C=C(C)C1CCC(C)=CC1c1c(O)cc(/C=C/c2ccc(O)cc2)c(C2C=C(C)CCC2C(C)C)c1O. The van der Waals surface area contributed by atoms with Crippen molar-refractivity contribution in [3.8, 4) is 17.2 Å². The molecular formula is C34H42O3. The number of aromatic hydroxyl groups is 3. The van der Waals surface area contributed by atoms with E-state index in [2.05, 4.69) is 53.3 Å². The molecule has 3 heteroatoms. The lowest BCUT2D eigenvalue weighted by Gasteiger charge is -2.36. The fraction of sp³-hybridized carbons (Fsp3) is 0.412. The third kappa shape index (κ3) is 5.71. The maximum absolute atomic E-state index is 12.0. The summed E-state index contributed by atoms with van der Waals surface area (Å²) in [5.41, 5.74) is 7.01. The van der Waals surface area contributed by atoms with Gasteiger partial charge in [-0.1, -0.05) is 73.6 Å². The first kappa shape index (κ1) is 26.9. The summed E-state index contributed by atoms with van der Waals surface area (Å²) < 4.78 is 0. The van der Waals surface area contributed by atoms with Crippen molar-refractivity contribution in [3.05, 3.63) is 88.0 Å². The Hall–Kier alpha value is -3.20. The van der Waals surface area contributed by atoms with Crippen molar-refractivity contribution in [2.45, 2.75) is 72.1 Å². The van der Waals surface area contributed by atoms with Crippen LogP contribution in [0.3, 0.4) is 0 Å². The first-order chi connectivity index (χ1) is 17.6. The number of rotatable bonds is 6. The quantitative estimate of drug-likeness (QED) is 0.275. The summed E-state index contributed by atoms with van der Waals surface area (Å²) in [6.07, 6.45) is 12.6. The van der Waals surface area contributed by atoms with Crippen molar-refractivity contribution in [3.63, 3.8) is 0 Å². The molecule has 0 saturated heterocycles. The molecule has 3 nitrogen and oxygen atoms in total. The molecule has 2 aromatic carbocycles. The minimum atomic E-state index is -0.105. The van der Waals surface area contributed by atoms with Crippen LogP contribution in [0.5, 0.6) is 17.2 Å². The Morgan fingerprint density at radius 2 is 1.51 bits per heavy atom. The van der Waals surface area contributed by atoms with Crippen molar-refractivity contribution in [1.82, 2.24) is 0 Å². The van der Waals surface area contributed by atoms with E-state index in [0.29, 0.717) is 17.4 Å². The van der Waals surface area contributed by atoms with Crippen LogP contribution in [0.15, 0.2) is 65.8 Å². The van der Waals surface area contributed by atoms with Crippen LogP contribution in [-0.2, 0) is 0 Å². The number of phenols is 3. The molecule has 196 valence electrons. The zero-order valence-electron chi connectivity index (χ0n) is 23.0. The molecule has 0 bridgehead atoms. The highest BCUT2D eigenvalue weighted by Gasteiger charge is 2.36. The van der Waals surface area contributed by atoms with Crippen LogP contribution < -0.4 is 0 Å². The van der Waals surface area contributed by atoms with E-state index in [1.807, 2.05) is 30.4 Å². The van der Waals surface area contributed by atoms with Crippen molar-refractivity contribution in [1.29, 1.82) is 0 Å². The Kier molecular flexibility index (Phi) is 8.02. The van der Waals surface area contributed by atoms with Crippen LogP contribution in [0.25, 0.3) is 12.2 Å². The van der Waals surface area contributed by atoms with Crippen molar-refractivity contribution in [2.24, 2.45) is 17.8 Å². The van der Waals surface area contributed by atoms with Gasteiger partial charge in [-0.05, 0) is 93.5 Å². The number of allylic oxidation sites excluding steroid dienone is 5. The Morgan fingerprint density at radius 1 is 0.892 bits per heavy atom. The Labute approximate surface area is 222 Å². The minimum Gasteiger partial charge on any atom is -0.508 e. The fourth-order valence-electron chi connectivity index (χ4n) is 6.33. The number of hydrogen-bond donors (Lipinski definition) is 3. The average Bonchev–Trinajstić information content (AvgIpc) is 2.83. The first-order valence-electron chi connectivity index (χ1n) is 13.6. The predicted molar refractivity (Wildman–Crippen MR) is 155 cm³/mol. The van der Waals surface area contributed by atoms with E-state index in [-0.39, 0.29) is 35.0 Å². The highest BCUT2D eigenvalue weighted by Crippen LogP contribution is 2.52. The molecule has 4 unspecified atom stereocenters. The zero-order valence-corrected chi connectivity index (χ0v) is 23.0. The van der Waals surface area contributed by atoms with Gasteiger partial charge in [0.05, 0.1) is 0 Å². The lowest BCUT2D eigenvalue weighted by Crippen LogP contribution is -2.23. The highest BCUT2D eigenvalue weighted by atomic mass is 16.3. The van der Waals surface area contributed by atoms with Crippen molar-refractivity contribution < 1.29 is 15.3 Å². The average molecular weight is 499 g/mol. The van der Waals surface area contributed by atoms with Gasteiger partial charge >= 0.3 is 0 Å². The van der Waals surface area contributed by atoms with E-state index in [1.165, 1.54) is 11.1 Å². The molecule has 37 heavy (non-hydrogen) atoms. The molecule has 0 fully saturated rings. The fourth-order valence-corrected chi connectivity index (χ4v) is 6.33. The molecule has 0 amide bonds. The standard InChI is InChI=1S/C34H42O3/c1-20(2)27-15-7-22(5)17-29(27)32-25(12-9-24-10-13-26(35)14-11-24)19-31(36)33(34(32)37)30-18-23(6)8-16-28(30)21(3)4/h9-14,17-20,27-30,35-37H,3,7-8,15-16H2,1-2,4-6H3/b12-9+. The summed E-state index contributed by atoms with van der Waals surface area (Å²) in [6, 6.07) is 8.87. The third-order valence-electron chi connectivity index (χ3n) is 8.44. The molecule has 0 spiro atoms. The van der Waals surface area contributed by atoms with E-state index >= 15 is 0 Å². The van der Waals surface area contributed by atoms with Crippen LogP contribution >= 0.6 is 0 Å². The summed E-state index contributed by atoms with van der Waals surface area (Å²) in [4.78, 5) is 0. The molecule has 2 aliphatic carbocycles. The maximum atomic E-state index is 12.0. The van der Waals surface area contributed by atoms with E-state index in [0.717, 1.165) is 47.9 Å². The normalized spacial score (nSPS) is 24.3. The lowest BCUT2D eigenvalue weighted by molar-refractivity contribution is 0.308. The molecule has 0 aromatic heterocycles. The second kappa shape index (κ2) is 11.0. The smallest absolute Gasteiger partial charge is 0.127 e. The largest absolute Gasteiger partial charge is 0.508 e. The number of hydrogen-bond acceptors (Lipinski definition) is 3. The molecular weight excluding hydrogens is 456 g/mol. The topological polar surface area (TPSA) is 60.7 Å². The third-order valence-corrected chi connectivity index (χ3v) is 8.44. The molecule has 0 radical (unpaired) electrons. The Balaban J connectivity index is 1.94. The Bertz CT molecular complexity index is 1240. The van der Waals surface area contributed by atoms with Gasteiger partial charge in [-0.25, -0.2) is 0 Å². The zero-order chi connectivity index (χ0) is 26.9.